The summed E-state index contributed by atoms with van der Waals surface area (Å²) in [7, 11) is 0. The average molecular weight is 202 g/mol. The van der Waals surface area contributed by atoms with E-state index in [1.807, 2.05) is 30.7 Å². The fourth-order valence-electron chi connectivity index (χ4n) is 1.63. The SMILES string of the molecule is CCc1nccn1-c1cc(C)nc(C)n1. The molecule has 0 N–H and O–H groups in total. The van der Waals surface area contributed by atoms with Crippen molar-refractivity contribution in [1.82, 2.24) is 19.5 Å². The van der Waals surface area contributed by atoms with E-state index in [1.54, 1.807) is 6.20 Å². The third-order valence-electron chi connectivity index (χ3n) is 2.23. The zero-order valence-electron chi connectivity index (χ0n) is 9.23. The first kappa shape index (κ1) is 9.83. The second-order valence-electron chi connectivity index (χ2n) is 3.48. The van der Waals surface area contributed by atoms with Crippen LogP contribution >= 0.6 is 0 Å². The molecule has 0 unspecified atom stereocenters. The minimum Gasteiger partial charge on any atom is -0.288 e. The lowest BCUT2D eigenvalue weighted by molar-refractivity contribution is 0.845. The largest absolute Gasteiger partial charge is 0.288 e. The van der Waals surface area contributed by atoms with Gasteiger partial charge in [-0.3, -0.25) is 4.57 Å². The Kier molecular flexibility index (Phi) is 2.49. The minimum atomic E-state index is 0.792. The highest BCUT2D eigenvalue weighted by atomic mass is 15.1. The van der Waals surface area contributed by atoms with Gasteiger partial charge in [0.15, 0.2) is 0 Å². The summed E-state index contributed by atoms with van der Waals surface area (Å²) < 4.78 is 2.00. The van der Waals surface area contributed by atoms with E-state index in [0.717, 1.165) is 29.6 Å². The fraction of sp³-hybridized carbons (Fsp3) is 0.364. The van der Waals surface area contributed by atoms with Crippen molar-refractivity contribution in [2.24, 2.45) is 0 Å². The summed E-state index contributed by atoms with van der Waals surface area (Å²) in [6, 6.07) is 1.97. The molecular formula is C11H14N4. The Balaban J connectivity index is 2.53. The molecule has 0 saturated carbocycles. The number of aromatic nitrogens is 4. The molecule has 0 spiro atoms. The number of rotatable bonds is 2. The highest BCUT2D eigenvalue weighted by Crippen LogP contribution is 2.09. The molecule has 0 bridgehead atoms. The number of nitrogens with zero attached hydrogens (tertiary/aromatic N) is 4. The van der Waals surface area contributed by atoms with Crippen molar-refractivity contribution in [3.8, 4) is 5.82 Å². The average Bonchev–Trinajstić information content (AvgIpc) is 2.63. The Labute approximate surface area is 89.0 Å². The van der Waals surface area contributed by atoms with Crippen LogP contribution in [-0.2, 0) is 6.42 Å². The molecule has 4 heteroatoms. The summed E-state index contributed by atoms with van der Waals surface area (Å²) in [5.74, 6) is 2.71. The molecule has 2 heterocycles. The molecule has 2 rings (SSSR count). The van der Waals surface area contributed by atoms with E-state index in [-0.39, 0.29) is 0 Å². The summed E-state index contributed by atoms with van der Waals surface area (Å²) in [5.41, 5.74) is 0.980. The molecular weight excluding hydrogens is 188 g/mol. The Hall–Kier alpha value is -1.71. The molecule has 0 amide bonds. The van der Waals surface area contributed by atoms with Gasteiger partial charge in [0.05, 0.1) is 0 Å². The van der Waals surface area contributed by atoms with Gasteiger partial charge < -0.3 is 0 Å². The maximum Gasteiger partial charge on any atom is 0.142 e. The van der Waals surface area contributed by atoms with Gasteiger partial charge in [-0.15, -0.1) is 0 Å². The number of aryl methyl sites for hydroxylation is 3. The van der Waals surface area contributed by atoms with Gasteiger partial charge in [0, 0.05) is 30.6 Å². The Bertz CT molecular complexity index is 453. The van der Waals surface area contributed by atoms with Gasteiger partial charge in [-0.25, -0.2) is 15.0 Å². The molecule has 4 nitrogen and oxygen atoms in total. The number of imidazole rings is 1. The van der Waals surface area contributed by atoms with E-state index in [4.69, 9.17) is 0 Å². The van der Waals surface area contributed by atoms with Crippen LogP contribution in [-0.4, -0.2) is 19.5 Å². The summed E-state index contributed by atoms with van der Waals surface area (Å²) in [5, 5.41) is 0. The smallest absolute Gasteiger partial charge is 0.142 e. The predicted molar refractivity (Wildman–Crippen MR) is 58.0 cm³/mol. The lowest BCUT2D eigenvalue weighted by Gasteiger charge is -2.06. The molecule has 2 aromatic rings. The molecule has 78 valence electrons. The molecule has 0 aliphatic heterocycles. The standard InChI is InChI=1S/C11H14N4/c1-4-10-12-5-6-15(10)11-7-8(2)13-9(3)14-11/h5-7H,4H2,1-3H3. The third kappa shape index (κ3) is 1.88. The van der Waals surface area contributed by atoms with Crippen LogP contribution in [0.25, 0.3) is 5.82 Å². The summed E-state index contributed by atoms with van der Waals surface area (Å²) in [6.45, 7) is 5.96. The Morgan fingerprint density at radius 2 is 2.07 bits per heavy atom. The van der Waals surface area contributed by atoms with Gasteiger partial charge >= 0.3 is 0 Å². The quantitative estimate of drug-likeness (QED) is 0.746. The van der Waals surface area contributed by atoms with Crippen LogP contribution in [0.4, 0.5) is 0 Å². The van der Waals surface area contributed by atoms with Gasteiger partial charge in [0.2, 0.25) is 0 Å². The normalized spacial score (nSPS) is 10.6. The van der Waals surface area contributed by atoms with Crippen LogP contribution in [0.2, 0.25) is 0 Å². The third-order valence-corrected chi connectivity index (χ3v) is 2.23. The second-order valence-corrected chi connectivity index (χ2v) is 3.48. The maximum atomic E-state index is 4.40. The summed E-state index contributed by atoms with van der Waals surface area (Å²) in [4.78, 5) is 12.9. The van der Waals surface area contributed by atoms with Gasteiger partial charge in [0.1, 0.15) is 17.5 Å². The van der Waals surface area contributed by atoms with E-state index in [2.05, 4.69) is 21.9 Å². The van der Waals surface area contributed by atoms with Crippen LogP contribution < -0.4 is 0 Å². The fourth-order valence-corrected chi connectivity index (χ4v) is 1.63. The topological polar surface area (TPSA) is 43.6 Å². The van der Waals surface area contributed by atoms with Crippen LogP contribution in [0.5, 0.6) is 0 Å². The summed E-state index contributed by atoms with van der Waals surface area (Å²) in [6.07, 6.45) is 4.63. The highest BCUT2D eigenvalue weighted by Gasteiger charge is 2.05. The van der Waals surface area contributed by atoms with Crippen molar-refractivity contribution in [2.75, 3.05) is 0 Å². The Morgan fingerprint density at radius 3 is 2.73 bits per heavy atom. The monoisotopic (exact) mass is 202 g/mol. The first-order chi connectivity index (χ1) is 7.20. The molecule has 0 fully saturated rings. The molecule has 2 aromatic heterocycles. The molecule has 15 heavy (non-hydrogen) atoms. The summed E-state index contributed by atoms with van der Waals surface area (Å²) >= 11 is 0. The van der Waals surface area contributed by atoms with Crippen LogP contribution in [0.15, 0.2) is 18.5 Å². The van der Waals surface area contributed by atoms with E-state index in [1.165, 1.54) is 0 Å². The first-order valence-corrected chi connectivity index (χ1v) is 5.05. The van der Waals surface area contributed by atoms with Crippen LogP contribution in [0, 0.1) is 13.8 Å². The predicted octanol–water partition coefficient (Wildman–Crippen LogP) is 1.84. The van der Waals surface area contributed by atoms with Gasteiger partial charge in [-0.1, -0.05) is 6.92 Å². The van der Waals surface area contributed by atoms with E-state index in [9.17, 15) is 0 Å². The lowest BCUT2D eigenvalue weighted by atomic mass is 10.4. The lowest BCUT2D eigenvalue weighted by Crippen LogP contribution is -2.04. The molecule has 0 aliphatic rings. The minimum absolute atomic E-state index is 0.792. The van der Waals surface area contributed by atoms with Crippen molar-refractivity contribution in [3.63, 3.8) is 0 Å². The van der Waals surface area contributed by atoms with Crippen LogP contribution in [0.1, 0.15) is 24.3 Å². The number of hydrogen-bond donors (Lipinski definition) is 0. The van der Waals surface area contributed by atoms with Crippen molar-refractivity contribution in [3.05, 3.63) is 35.8 Å². The van der Waals surface area contributed by atoms with Crippen molar-refractivity contribution >= 4 is 0 Å². The van der Waals surface area contributed by atoms with Gasteiger partial charge in [-0.2, -0.15) is 0 Å². The number of hydrogen-bond acceptors (Lipinski definition) is 3. The first-order valence-electron chi connectivity index (χ1n) is 5.05. The van der Waals surface area contributed by atoms with Gasteiger partial charge in [0.25, 0.3) is 0 Å². The van der Waals surface area contributed by atoms with Crippen molar-refractivity contribution in [2.45, 2.75) is 27.2 Å². The molecule has 0 atom stereocenters. The van der Waals surface area contributed by atoms with Crippen LogP contribution in [0.3, 0.4) is 0 Å². The molecule has 0 aliphatic carbocycles. The van der Waals surface area contributed by atoms with E-state index < -0.39 is 0 Å². The molecule has 0 radical (unpaired) electrons. The van der Waals surface area contributed by atoms with E-state index >= 15 is 0 Å². The highest BCUT2D eigenvalue weighted by molar-refractivity contribution is 5.26. The maximum absolute atomic E-state index is 4.40. The zero-order valence-corrected chi connectivity index (χ0v) is 9.23. The Morgan fingerprint density at radius 1 is 1.27 bits per heavy atom. The van der Waals surface area contributed by atoms with Crippen molar-refractivity contribution < 1.29 is 0 Å². The van der Waals surface area contributed by atoms with Gasteiger partial charge in [-0.05, 0) is 13.8 Å². The second kappa shape index (κ2) is 3.81. The molecule has 0 saturated heterocycles. The van der Waals surface area contributed by atoms with E-state index in [0.29, 0.717) is 0 Å². The molecule has 0 aromatic carbocycles. The zero-order chi connectivity index (χ0) is 10.8. The van der Waals surface area contributed by atoms with Crippen molar-refractivity contribution in [1.29, 1.82) is 0 Å².